The Morgan fingerprint density at radius 2 is 1.90 bits per heavy atom. The molecule has 0 unspecified atom stereocenters. The third-order valence-electron chi connectivity index (χ3n) is 5.69. The van der Waals surface area contributed by atoms with Gasteiger partial charge in [0.2, 0.25) is 0 Å². The summed E-state index contributed by atoms with van der Waals surface area (Å²) in [6.07, 6.45) is 2.88. The quantitative estimate of drug-likeness (QED) is 0.485. The van der Waals surface area contributed by atoms with E-state index < -0.39 is 34.6 Å². The number of carbonyl (C=O) groups is 1. The fourth-order valence-corrected chi connectivity index (χ4v) is 4.49. The molecule has 0 aliphatic carbocycles. The van der Waals surface area contributed by atoms with Crippen molar-refractivity contribution in [1.82, 2.24) is 10.2 Å². The Kier molecular flexibility index (Phi) is 7.39. The summed E-state index contributed by atoms with van der Waals surface area (Å²) >= 11 is 1.93. The van der Waals surface area contributed by atoms with E-state index in [1.165, 1.54) is 23.1 Å². The minimum Gasteiger partial charge on any atom is -0.385 e. The number of halogens is 5. The van der Waals surface area contributed by atoms with E-state index in [0.717, 1.165) is 31.9 Å². The Labute approximate surface area is 197 Å². The van der Waals surface area contributed by atoms with Gasteiger partial charge in [-0.3, -0.25) is 4.79 Å². The van der Waals surface area contributed by atoms with E-state index in [-0.39, 0.29) is 42.8 Å². The molecule has 2 aliphatic heterocycles. The second-order valence-corrected chi connectivity index (χ2v) is 9.05. The summed E-state index contributed by atoms with van der Waals surface area (Å²) < 4.78 is 43.3. The van der Waals surface area contributed by atoms with Crippen molar-refractivity contribution in [2.75, 3.05) is 25.0 Å². The van der Waals surface area contributed by atoms with Gasteiger partial charge in [0.15, 0.2) is 11.6 Å². The zero-order valence-corrected chi connectivity index (χ0v) is 19.4. The molecule has 31 heavy (non-hydrogen) atoms. The fraction of sp³-hybridized carbons (Fsp3) is 0.381. The average molecular weight is 568 g/mol. The molecule has 2 fully saturated rings. The zero-order valence-electron chi connectivity index (χ0n) is 16.4. The number of β-amino-alcohol motifs (C(OH)–C–C–N with tert-alkyl or cyclic N) is 1. The minimum atomic E-state index is -1.26. The van der Waals surface area contributed by atoms with Crippen molar-refractivity contribution in [1.29, 1.82) is 0 Å². The standard InChI is InChI=1S/C21H21F3IN3O2.ClH/c22-14-6-5-13(19(18(14)24)27-16-7-4-12(25)9-15(16)23)20(29)28-10-21(30,11-28)17-3-1-2-8-26-17;/h4-7,9,17,26-27,30H,1-3,8,10-11H2;1H/t17-;/m1./s1. The topological polar surface area (TPSA) is 64.6 Å². The van der Waals surface area contributed by atoms with Gasteiger partial charge in [-0.15, -0.1) is 12.4 Å². The van der Waals surface area contributed by atoms with Crippen LogP contribution in [0.25, 0.3) is 0 Å². The third kappa shape index (κ3) is 4.79. The summed E-state index contributed by atoms with van der Waals surface area (Å²) in [5.74, 6) is -3.61. The highest BCUT2D eigenvalue weighted by molar-refractivity contribution is 14.1. The van der Waals surface area contributed by atoms with Crippen molar-refractivity contribution in [3.8, 4) is 0 Å². The molecule has 2 aromatic rings. The van der Waals surface area contributed by atoms with E-state index in [4.69, 9.17) is 0 Å². The summed E-state index contributed by atoms with van der Waals surface area (Å²) in [6.45, 7) is 1.01. The lowest BCUT2D eigenvalue weighted by Crippen LogP contribution is -2.72. The normalized spacial score (nSPS) is 19.9. The first kappa shape index (κ1) is 24.1. The molecule has 10 heteroatoms. The van der Waals surface area contributed by atoms with E-state index >= 15 is 0 Å². The number of benzene rings is 2. The number of nitrogens with zero attached hydrogens (tertiary/aromatic N) is 1. The molecule has 0 radical (unpaired) electrons. The predicted molar refractivity (Wildman–Crippen MR) is 123 cm³/mol. The molecular weight excluding hydrogens is 546 g/mol. The van der Waals surface area contributed by atoms with Gasteiger partial charge in [-0.25, -0.2) is 13.2 Å². The number of aliphatic hydroxyl groups is 1. The highest BCUT2D eigenvalue weighted by Gasteiger charge is 2.49. The van der Waals surface area contributed by atoms with E-state index in [9.17, 15) is 23.1 Å². The van der Waals surface area contributed by atoms with Crippen LogP contribution in [0.5, 0.6) is 0 Å². The monoisotopic (exact) mass is 567 g/mol. The molecule has 2 heterocycles. The average Bonchev–Trinajstić information content (AvgIpc) is 2.71. The van der Waals surface area contributed by atoms with Crippen molar-refractivity contribution in [2.45, 2.75) is 30.9 Å². The van der Waals surface area contributed by atoms with Crippen LogP contribution in [0, 0.1) is 21.0 Å². The Morgan fingerprint density at radius 3 is 2.55 bits per heavy atom. The largest absolute Gasteiger partial charge is 0.385 e. The second kappa shape index (κ2) is 9.51. The highest BCUT2D eigenvalue weighted by Crippen LogP contribution is 2.34. The zero-order chi connectivity index (χ0) is 21.5. The Hall–Kier alpha value is -1.56. The number of hydrogen-bond donors (Lipinski definition) is 3. The van der Waals surface area contributed by atoms with E-state index in [2.05, 4.69) is 10.6 Å². The summed E-state index contributed by atoms with van der Waals surface area (Å²) in [4.78, 5) is 14.4. The summed E-state index contributed by atoms with van der Waals surface area (Å²) in [5, 5.41) is 16.6. The maximum Gasteiger partial charge on any atom is 0.256 e. The van der Waals surface area contributed by atoms with Crippen LogP contribution < -0.4 is 10.6 Å². The van der Waals surface area contributed by atoms with E-state index in [1.54, 1.807) is 6.07 Å². The van der Waals surface area contributed by atoms with Gasteiger partial charge >= 0.3 is 0 Å². The predicted octanol–water partition coefficient (Wildman–Crippen LogP) is 4.20. The van der Waals surface area contributed by atoms with Crippen molar-refractivity contribution >= 4 is 52.3 Å². The van der Waals surface area contributed by atoms with Crippen LogP contribution in [0.4, 0.5) is 24.5 Å². The molecule has 0 aromatic heterocycles. The Bertz CT molecular complexity index is 983. The van der Waals surface area contributed by atoms with E-state index in [1.807, 2.05) is 22.6 Å². The molecule has 168 valence electrons. The van der Waals surface area contributed by atoms with Gasteiger partial charge in [0, 0.05) is 9.61 Å². The van der Waals surface area contributed by atoms with Crippen LogP contribution in [-0.2, 0) is 0 Å². The lowest BCUT2D eigenvalue weighted by atomic mass is 9.81. The van der Waals surface area contributed by atoms with Gasteiger partial charge in [-0.1, -0.05) is 6.42 Å². The van der Waals surface area contributed by atoms with Crippen molar-refractivity contribution in [3.05, 3.63) is 56.9 Å². The summed E-state index contributed by atoms with van der Waals surface area (Å²) in [7, 11) is 0. The lowest BCUT2D eigenvalue weighted by Gasteiger charge is -2.51. The number of hydrogen-bond acceptors (Lipinski definition) is 4. The molecule has 0 bridgehead atoms. The van der Waals surface area contributed by atoms with Crippen LogP contribution in [0.1, 0.15) is 29.6 Å². The Balaban J connectivity index is 0.00000272. The molecule has 0 spiro atoms. The fourth-order valence-electron chi connectivity index (χ4n) is 4.04. The molecule has 2 saturated heterocycles. The van der Waals surface area contributed by atoms with Gasteiger partial charge in [0.25, 0.3) is 5.91 Å². The number of rotatable bonds is 4. The first-order valence-corrected chi connectivity index (χ1v) is 10.8. The molecule has 1 amide bonds. The molecule has 2 aromatic carbocycles. The van der Waals surface area contributed by atoms with Gasteiger partial charge in [-0.05, 0) is 72.3 Å². The summed E-state index contributed by atoms with van der Waals surface area (Å²) in [5.41, 5.74) is -1.65. The number of amides is 1. The van der Waals surface area contributed by atoms with Crippen molar-refractivity contribution < 1.29 is 23.1 Å². The third-order valence-corrected chi connectivity index (χ3v) is 6.36. The first-order chi connectivity index (χ1) is 14.3. The van der Waals surface area contributed by atoms with Crippen LogP contribution in [-0.4, -0.2) is 47.2 Å². The number of anilines is 2. The lowest BCUT2D eigenvalue weighted by molar-refractivity contribution is -0.108. The van der Waals surface area contributed by atoms with E-state index in [0.29, 0.717) is 3.57 Å². The molecular formula is C21H22ClF3IN3O2. The van der Waals surface area contributed by atoms with Crippen molar-refractivity contribution in [3.63, 3.8) is 0 Å². The highest BCUT2D eigenvalue weighted by atomic mass is 127. The minimum absolute atomic E-state index is 0. The maximum atomic E-state index is 14.6. The first-order valence-electron chi connectivity index (χ1n) is 9.73. The van der Waals surface area contributed by atoms with Crippen molar-refractivity contribution in [2.24, 2.45) is 0 Å². The molecule has 2 aliphatic rings. The number of carbonyl (C=O) groups excluding carboxylic acids is 1. The van der Waals surface area contributed by atoms with Gasteiger partial charge in [-0.2, -0.15) is 0 Å². The van der Waals surface area contributed by atoms with Crippen LogP contribution in [0.3, 0.4) is 0 Å². The van der Waals surface area contributed by atoms with Gasteiger partial charge in [0.05, 0.1) is 30.0 Å². The van der Waals surface area contributed by atoms with Crippen LogP contribution in [0.2, 0.25) is 0 Å². The number of piperidine rings is 1. The van der Waals surface area contributed by atoms with Gasteiger partial charge in [0.1, 0.15) is 11.4 Å². The second-order valence-electron chi connectivity index (χ2n) is 7.80. The van der Waals surface area contributed by atoms with Gasteiger partial charge < -0.3 is 20.6 Å². The smallest absolute Gasteiger partial charge is 0.256 e. The molecule has 0 saturated carbocycles. The SMILES string of the molecule is Cl.O=C(c1ccc(F)c(F)c1Nc1ccc(I)cc1F)N1CC(O)([C@H]2CCCCN2)C1. The molecule has 3 N–H and O–H groups in total. The molecule has 1 atom stereocenters. The van der Waals surface area contributed by atoms with Crippen LogP contribution in [0.15, 0.2) is 30.3 Å². The van der Waals surface area contributed by atoms with Crippen LogP contribution >= 0.6 is 35.0 Å². The summed E-state index contributed by atoms with van der Waals surface area (Å²) in [6, 6.07) is 6.19. The maximum absolute atomic E-state index is 14.6. The molecule has 5 nitrogen and oxygen atoms in total. The molecule has 4 rings (SSSR count). The Morgan fingerprint density at radius 1 is 1.16 bits per heavy atom. The number of likely N-dealkylation sites (tertiary alicyclic amines) is 1. The number of nitrogens with one attached hydrogen (secondary N) is 2.